The highest BCUT2D eigenvalue weighted by Gasteiger charge is 2.15. The first-order valence-corrected chi connectivity index (χ1v) is 7.50. The van der Waals surface area contributed by atoms with Crippen LogP contribution in [0.2, 0.25) is 0 Å². The van der Waals surface area contributed by atoms with Gasteiger partial charge in [0.25, 0.3) is 0 Å². The molecule has 0 bridgehead atoms. The smallest absolute Gasteiger partial charge is 0.336 e. The Labute approximate surface area is 130 Å². The third-order valence-corrected chi connectivity index (χ3v) is 4.01. The fraction of sp³-hybridized carbons (Fsp3) is 0.294. The van der Waals surface area contributed by atoms with Gasteiger partial charge in [-0.1, -0.05) is 0 Å². The third kappa shape index (κ3) is 2.67. The summed E-state index contributed by atoms with van der Waals surface area (Å²) in [6, 6.07) is 7.97. The molecule has 0 atom stereocenters. The van der Waals surface area contributed by atoms with Crippen molar-refractivity contribution in [1.82, 2.24) is 4.90 Å². The van der Waals surface area contributed by atoms with Gasteiger partial charge in [0.2, 0.25) is 0 Å². The summed E-state index contributed by atoms with van der Waals surface area (Å²) in [6.07, 6.45) is 0. The molecule has 0 radical (unpaired) electrons. The lowest BCUT2D eigenvalue weighted by molar-refractivity contribution is 0.0314. The lowest BCUT2D eigenvalue weighted by Crippen LogP contribution is -2.35. The van der Waals surface area contributed by atoms with Gasteiger partial charge in [0.15, 0.2) is 11.0 Å². The molecule has 0 N–H and O–H groups in total. The molecule has 23 heavy (non-hydrogen) atoms. The summed E-state index contributed by atoms with van der Waals surface area (Å²) in [4.78, 5) is 26.1. The van der Waals surface area contributed by atoms with Crippen LogP contribution in [0.15, 0.2) is 48.8 Å². The number of fused-ring (bicyclic) bond motifs is 3. The molecular formula is C17H15NO5. The number of nitrogens with zero attached hydrogens (tertiary/aromatic N) is 1. The van der Waals surface area contributed by atoms with Crippen LogP contribution in [0, 0.1) is 0 Å². The molecular weight excluding hydrogens is 298 g/mol. The van der Waals surface area contributed by atoms with Gasteiger partial charge in [0, 0.05) is 30.6 Å². The Hall–Kier alpha value is -2.44. The van der Waals surface area contributed by atoms with E-state index in [2.05, 4.69) is 4.90 Å². The molecule has 2 aromatic heterocycles. The van der Waals surface area contributed by atoms with Gasteiger partial charge >= 0.3 is 5.63 Å². The van der Waals surface area contributed by atoms with Gasteiger partial charge in [-0.25, -0.2) is 4.79 Å². The number of ether oxygens (including phenoxy) is 1. The van der Waals surface area contributed by atoms with E-state index in [1.807, 2.05) is 0 Å². The number of hydrogen-bond acceptors (Lipinski definition) is 6. The first kappa shape index (κ1) is 14.2. The maximum Gasteiger partial charge on any atom is 0.336 e. The SMILES string of the molecule is O=c1ccc2ccc3oc(CN4CCOCC4)cc(=O)c3c2o1. The fourth-order valence-corrected chi connectivity index (χ4v) is 2.88. The van der Waals surface area contributed by atoms with E-state index in [1.54, 1.807) is 18.2 Å². The van der Waals surface area contributed by atoms with E-state index in [4.69, 9.17) is 13.6 Å². The zero-order chi connectivity index (χ0) is 15.8. The topological polar surface area (TPSA) is 72.9 Å². The largest absolute Gasteiger partial charge is 0.459 e. The minimum absolute atomic E-state index is 0.200. The summed E-state index contributed by atoms with van der Waals surface area (Å²) in [7, 11) is 0. The van der Waals surface area contributed by atoms with E-state index >= 15 is 0 Å². The van der Waals surface area contributed by atoms with Crippen LogP contribution in [0.5, 0.6) is 0 Å². The molecule has 1 aromatic carbocycles. The Bertz CT molecular complexity index is 982. The van der Waals surface area contributed by atoms with Crippen molar-refractivity contribution < 1.29 is 13.6 Å². The van der Waals surface area contributed by atoms with Crippen LogP contribution >= 0.6 is 0 Å². The van der Waals surface area contributed by atoms with Crippen LogP contribution in [-0.2, 0) is 11.3 Å². The molecule has 0 saturated carbocycles. The predicted octanol–water partition coefficient (Wildman–Crippen LogP) is 1.73. The van der Waals surface area contributed by atoms with E-state index in [0.29, 0.717) is 41.9 Å². The Morgan fingerprint density at radius 2 is 1.78 bits per heavy atom. The minimum Gasteiger partial charge on any atom is -0.459 e. The Kier molecular flexibility index (Phi) is 3.48. The second-order valence-corrected chi connectivity index (χ2v) is 5.58. The van der Waals surface area contributed by atoms with Gasteiger partial charge in [-0.05, 0) is 18.2 Å². The summed E-state index contributed by atoms with van der Waals surface area (Å²) >= 11 is 0. The van der Waals surface area contributed by atoms with Gasteiger partial charge < -0.3 is 13.6 Å². The maximum atomic E-state index is 12.5. The Balaban J connectivity index is 1.83. The van der Waals surface area contributed by atoms with Gasteiger partial charge in [0.1, 0.15) is 16.7 Å². The highest BCUT2D eigenvalue weighted by molar-refractivity contribution is 6.01. The molecule has 1 saturated heterocycles. The van der Waals surface area contributed by atoms with E-state index < -0.39 is 5.63 Å². The van der Waals surface area contributed by atoms with Crippen LogP contribution in [0.25, 0.3) is 21.9 Å². The lowest BCUT2D eigenvalue weighted by Gasteiger charge is -2.25. The second kappa shape index (κ2) is 5.64. The Morgan fingerprint density at radius 3 is 2.61 bits per heavy atom. The van der Waals surface area contributed by atoms with Gasteiger partial charge in [-0.3, -0.25) is 9.69 Å². The van der Waals surface area contributed by atoms with Crippen LogP contribution in [0.4, 0.5) is 0 Å². The molecule has 0 unspecified atom stereocenters. The average molecular weight is 313 g/mol. The van der Waals surface area contributed by atoms with Crippen LogP contribution in [-0.4, -0.2) is 31.2 Å². The van der Waals surface area contributed by atoms with Crippen LogP contribution in [0.1, 0.15) is 5.76 Å². The summed E-state index contributed by atoms with van der Waals surface area (Å²) in [6.45, 7) is 3.56. The van der Waals surface area contributed by atoms with Crippen molar-refractivity contribution in [3.05, 3.63) is 56.7 Å². The van der Waals surface area contributed by atoms with Gasteiger partial charge in [-0.15, -0.1) is 0 Å². The molecule has 4 rings (SSSR count). The molecule has 0 amide bonds. The summed E-state index contributed by atoms with van der Waals surface area (Å²) in [5.74, 6) is 0.599. The molecule has 6 heteroatoms. The monoisotopic (exact) mass is 313 g/mol. The van der Waals surface area contributed by atoms with Gasteiger partial charge in [-0.2, -0.15) is 0 Å². The van der Waals surface area contributed by atoms with Crippen LogP contribution in [0.3, 0.4) is 0 Å². The molecule has 1 aliphatic heterocycles. The molecule has 0 aliphatic carbocycles. The van der Waals surface area contributed by atoms with Crippen molar-refractivity contribution in [2.45, 2.75) is 6.54 Å². The quantitative estimate of drug-likeness (QED) is 0.530. The first-order chi connectivity index (χ1) is 11.2. The second-order valence-electron chi connectivity index (χ2n) is 5.58. The first-order valence-electron chi connectivity index (χ1n) is 7.50. The number of rotatable bonds is 2. The summed E-state index contributed by atoms with van der Waals surface area (Å²) in [5.41, 5.74) is 0.0283. The molecule has 1 aliphatic rings. The highest BCUT2D eigenvalue weighted by Crippen LogP contribution is 2.22. The fourth-order valence-electron chi connectivity index (χ4n) is 2.88. The lowest BCUT2D eigenvalue weighted by atomic mass is 10.1. The van der Waals surface area contributed by atoms with Crippen molar-refractivity contribution in [2.75, 3.05) is 26.3 Å². The van der Waals surface area contributed by atoms with Crippen molar-refractivity contribution >= 4 is 21.9 Å². The normalized spacial score (nSPS) is 16.2. The predicted molar refractivity (Wildman–Crippen MR) is 84.6 cm³/mol. The zero-order valence-electron chi connectivity index (χ0n) is 12.4. The minimum atomic E-state index is -0.484. The molecule has 1 fully saturated rings. The summed E-state index contributed by atoms with van der Waals surface area (Å²) in [5, 5.41) is 1.01. The average Bonchev–Trinajstić information content (AvgIpc) is 2.55. The molecule has 6 nitrogen and oxygen atoms in total. The summed E-state index contributed by atoms with van der Waals surface area (Å²) < 4.78 is 16.4. The maximum absolute atomic E-state index is 12.5. The van der Waals surface area contributed by atoms with Crippen molar-refractivity contribution in [3.8, 4) is 0 Å². The standard InChI is InChI=1S/C17H15NO5/c19-13-9-12(10-18-5-7-21-8-6-18)22-14-3-1-11-2-4-15(20)23-17(11)16(13)14/h1-4,9H,5-8,10H2. The molecule has 3 aromatic rings. The van der Waals surface area contributed by atoms with Gasteiger partial charge in [0.05, 0.1) is 19.8 Å². The van der Waals surface area contributed by atoms with Crippen molar-refractivity contribution in [2.24, 2.45) is 0 Å². The molecule has 118 valence electrons. The van der Waals surface area contributed by atoms with E-state index in [0.717, 1.165) is 13.1 Å². The number of morpholine rings is 1. The third-order valence-electron chi connectivity index (χ3n) is 4.01. The number of benzene rings is 1. The van der Waals surface area contributed by atoms with Crippen LogP contribution < -0.4 is 11.1 Å². The van der Waals surface area contributed by atoms with E-state index in [-0.39, 0.29) is 11.0 Å². The number of hydrogen-bond donors (Lipinski definition) is 0. The van der Waals surface area contributed by atoms with Crippen molar-refractivity contribution in [1.29, 1.82) is 0 Å². The molecule has 3 heterocycles. The zero-order valence-corrected chi connectivity index (χ0v) is 12.4. The van der Waals surface area contributed by atoms with E-state index in [1.165, 1.54) is 12.1 Å². The molecule has 0 spiro atoms. The Morgan fingerprint density at radius 1 is 1.00 bits per heavy atom. The van der Waals surface area contributed by atoms with Crippen molar-refractivity contribution in [3.63, 3.8) is 0 Å². The van der Waals surface area contributed by atoms with E-state index in [9.17, 15) is 9.59 Å². The highest BCUT2D eigenvalue weighted by atomic mass is 16.5.